The number of benzene rings is 2. The number of phenols is 2. The molecule has 120 valence electrons. The second kappa shape index (κ2) is 7.31. The Morgan fingerprint density at radius 3 is 2.61 bits per heavy atom. The Labute approximate surface area is 134 Å². The zero-order valence-corrected chi connectivity index (χ0v) is 12.9. The van der Waals surface area contributed by atoms with E-state index in [2.05, 4.69) is 10.5 Å². The van der Waals surface area contributed by atoms with Crippen LogP contribution in [0.4, 0.5) is 0 Å². The van der Waals surface area contributed by atoms with Gasteiger partial charge in [-0.05, 0) is 60.9 Å². The Hall–Kier alpha value is -3.02. The van der Waals surface area contributed by atoms with Crippen molar-refractivity contribution in [2.45, 2.75) is 13.8 Å². The van der Waals surface area contributed by atoms with E-state index in [1.807, 2.05) is 26.0 Å². The molecule has 0 bridgehead atoms. The van der Waals surface area contributed by atoms with Gasteiger partial charge in [0.1, 0.15) is 5.75 Å². The average molecular weight is 314 g/mol. The predicted molar refractivity (Wildman–Crippen MR) is 86.9 cm³/mol. The van der Waals surface area contributed by atoms with E-state index in [1.54, 1.807) is 12.1 Å². The first-order chi connectivity index (χ1) is 11.0. The van der Waals surface area contributed by atoms with E-state index in [4.69, 9.17) is 4.74 Å². The number of nitrogens with zero attached hydrogens (tertiary/aromatic N) is 1. The summed E-state index contributed by atoms with van der Waals surface area (Å²) in [6.45, 7) is 3.82. The van der Waals surface area contributed by atoms with E-state index >= 15 is 0 Å². The number of hydrazone groups is 1. The Kier molecular flexibility index (Phi) is 5.19. The first-order valence-corrected chi connectivity index (χ1v) is 6.99. The van der Waals surface area contributed by atoms with Crippen LogP contribution in [0.15, 0.2) is 41.5 Å². The number of hydrogen-bond donors (Lipinski definition) is 3. The highest BCUT2D eigenvalue weighted by atomic mass is 16.5. The lowest BCUT2D eigenvalue weighted by Crippen LogP contribution is -2.24. The fraction of sp³-hybridized carbons (Fsp3) is 0.176. The van der Waals surface area contributed by atoms with Gasteiger partial charge in [0.25, 0.3) is 5.91 Å². The van der Waals surface area contributed by atoms with Crippen LogP contribution in [-0.2, 0) is 4.79 Å². The van der Waals surface area contributed by atoms with Crippen molar-refractivity contribution in [1.29, 1.82) is 0 Å². The van der Waals surface area contributed by atoms with E-state index in [9.17, 15) is 15.0 Å². The third kappa shape index (κ3) is 4.74. The van der Waals surface area contributed by atoms with Crippen LogP contribution in [0.5, 0.6) is 17.2 Å². The third-order valence-electron chi connectivity index (χ3n) is 3.25. The number of aryl methyl sites for hydroxylation is 2. The van der Waals surface area contributed by atoms with Crippen molar-refractivity contribution in [3.8, 4) is 17.2 Å². The number of carbonyl (C=O) groups excluding carboxylic acids is 1. The first-order valence-electron chi connectivity index (χ1n) is 6.99. The second-order valence-electron chi connectivity index (χ2n) is 5.08. The van der Waals surface area contributed by atoms with Crippen molar-refractivity contribution in [3.05, 3.63) is 53.1 Å². The molecule has 0 unspecified atom stereocenters. The SMILES string of the molecule is Cc1ccc(OCC(=O)NN=Cc2ccc(O)c(O)c2)cc1C. The zero-order valence-electron chi connectivity index (χ0n) is 12.9. The number of nitrogens with one attached hydrogen (secondary N) is 1. The minimum absolute atomic E-state index is 0.152. The molecule has 2 aromatic rings. The molecule has 3 N–H and O–H groups in total. The van der Waals surface area contributed by atoms with Gasteiger partial charge in [0.2, 0.25) is 0 Å². The molecular weight excluding hydrogens is 296 g/mol. The molecule has 6 nitrogen and oxygen atoms in total. The van der Waals surface area contributed by atoms with Crippen LogP contribution < -0.4 is 10.2 Å². The highest BCUT2D eigenvalue weighted by Gasteiger charge is 2.03. The van der Waals surface area contributed by atoms with Crippen LogP contribution in [0.1, 0.15) is 16.7 Å². The number of aromatic hydroxyl groups is 2. The van der Waals surface area contributed by atoms with Crippen molar-refractivity contribution >= 4 is 12.1 Å². The molecule has 0 atom stereocenters. The van der Waals surface area contributed by atoms with Crippen LogP contribution in [0.3, 0.4) is 0 Å². The summed E-state index contributed by atoms with van der Waals surface area (Å²) < 4.78 is 5.38. The van der Waals surface area contributed by atoms with Crippen LogP contribution in [0, 0.1) is 13.8 Å². The molecule has 23 heavy (non-hydrogen) atoms. The van der Waals surface area contributed by atoms with E-state index < -0.39 is 5.91 Å². The molecule has 0 aliphatic rings. The molecule has 0 saturated heterocycles. The molecule has 0 spiro atoms. The Balaban J connectivity index is 1.83. The van der Waals surface area contributed by atoms with Gasteiger partial charge in [-0.3, -0.25) is 4.79 Å². The standard InChI is InChI=1S/C17H18N2O4/c1-11-3-5-14(7-12(11)2)23-10-17(22)19-18-9-13-4-6-15(20)16(21)8-13/h3-9,20-21H,10H2,1-2H3,(H,19,22). The number of ether oxygens (including phenoxy) is 1. The number of phenolic OH excluding ortho intramolecular Hbond substituents is 2. The van der Waals surface area contributed by atoms with Gasteiger partial charge >= 0.3 is 0 Å². The first kappa shape index (κ1) is 16.4. The number of rotatable bonds is 5. The lowest BCUT2D eigenvalue weighted by atomic mass is 10.1. The van der Waals surface area contributed by atoms with Crippen molar-refractivity contribution in [2.75, 3.05) is 6.61 Å². The van der Waals surface area contributed by atoms with E-state index in [0.29, 0.717) is 11.3 Å². The fourth-order valence-corrected chi connectivity index (χ4v) is 1.78. The minimum Gasteiger partial charge on any atom is -0.504 e. The molecule has 0 heterocycles. The van der Waals surface area contributed by atoms with Crippen molar-refractivity contribution in [3.63, 3.8) is 0 Å². The summed E-state index contributed by atoms with van der Waals surface area (Å²) in [4.78, 5) is 11.6. The smallest absolute Gasteiger partial charge is 0.277 e. The van der Waals surface area contributed by atoms with Gasteiger partial charge in [-0.1, -0.05) is 6.07 Å². The Bertz CT molecular complexity index is 741. The number of amides is 1. The van der Waals surface area contributed by atoms with Crippen LogP contribution >= 0.6 is 0 Å². The van der Waals surface area contributed by atoms with E-state index in [1.165, 1.54) is 18.3 Å². The van der Waals surface area contributed by atoms with Crippen molar-refractivity contribution in [1.82, 2.24) is 5.43 Å². The van der Waals surface area contributed by atoms with Gasteiger partial charge in [-0.15, -0.1) is 0 Å². The summed E-state index contributed by atoms with van der Waals surface area (Å²) in [7, 11) is 0. The molecule has 0 saturated carbocycles. The summed E-state index contributed by atoms with van der Waals surface area (Å²) in [6, 6.07) is 9.81. The Morgan fingerprint density at radius 2 is 1.91 bits per heavy atom. The highest BCUT2D eigenvalue weighted by Crippen LogP contribution is 2.23. The van der Waals surface area contributed by atoms with Gasteiger partial charge in [0.15, 0.2) is 18.1 Å². The van der Waals surface area contributed by atoms with Gasteiger partial charge in [-0.2, -0.15) is 5.10 Å². The second-order valence-corrected chi connectivity index (χ2v) is 5.08. The van der Waals surface area contributed by atoms with Gasteiger partial charge < -0.3 is 14.9 Å². The van der Waals surface area contributed by atoms with Gasteiger partial charge in [0, 0.05) is 0 Å². The van der Waals surface area contributed by atoms with Crippen LogP contribution in [0.2, 0.25) is 0 Å². The quantitative estimate of drug-likeness (QED) is 0.448. The lowest BCUT2D eigenvalue weighted by molar-refractivity contribution is -0.123. The van der Waals surface area contributed by atoms with Crippen molar-refractivity contribution < 1.29 is 19.7 Å². The summed E-state index contributed by atoms with van der Waals surface area (Å²) in [5.41, 5.74) is 5.11. The average Bonchev–Trinajstić information content (AvgIpc) is 2.52. The lowest BCUT2D eigenvalue weighted by Gasteiger charge is -2.07. The predicted octanol–water partition coefficient (Wildman–Crippen LogP) is 2.24. The molecule has 1 amide bonds. The van der Waals surface area contributed by atoms with Gasteiger partial charge in [0.05, 0.1) is 6.21 Å². The molecule has 6 heteroatoms. The summed E-state index contributed by atoms with van der Waals surface area (Å²) in [5, 5.41) is 22.3. The molecule has 2 rings (SSSR count). The molecule has 0 aliphatic carbocycles. The largest absolute Gasteiger partial charge is 0.504 e. The summed E-state index contributed by atoms with van der Waals surface area (Å²) in [5.74, 6) is -0.246. The summed E-state index contributed by atoms with van der Waals surface area (Å²) >= 11 is 0. The monoisotopic (exact) mass is 314 g/mol. The topological polar surface area (TPSA) is 91.2 Å². The molecule has 0 fully saturated rings. The fourth-order valence-electron chi connectivity index (χ4n) is 1.78. The van der Waals surface area contributed by atoms with Crippen molar-refractivity contribution in [2.24, 2.45) is 5.10 Å². The molecule has 0 radical (unpaired) electrons. The Morgan fingerprint density at radius 1 is 1.13 bits per heavy atom. The summed E-state index contributed by atoms with van der Waals surface area (Å²) in [6.07, 6.45) is 1.35. The number of carbonyl (C=O) groups is 1. The maximum atomic E-state index is 11.6. The normalized spacial score (nSPS) is 10.7. The molecule has 0 aromatic heterocycles. The maximum absolute atomic E-state index is 11.6. The van der Waals surface area contributed by atoms with E-state index in [0.717, 1.165) is 11.1 Å². The van der Waals surface area contributed by atoms with Gasteiger partial charge in [-0.25, -0.2) is 5.43 Å². The molecule has 2 aromatic carbocycles. The zero-order chi connectivity index (χ0) is 16.8. The molecule has 0 aliphatic heterocycles. The highest BCUT2D eigenvalue weighted by molar-refractivity contribution is 5.83. The van der Waals surface area contributed by atoms with E-state index in [-0.39, 0.29) is 18.1 Å². The number of hydrogen-bond acceptors (Lipinski definition) is 5. The van der Waals surface area contributed by atoms with Crippen LogP contribution in [-0.4, -0.2) is 28.9 Å². The minimum atomic E-state index is -0.400. The third-order valence-corrected chi connectivity index (χ3v) is 3.25. The van der Waals surface area contributed by atoms with Crippen LogP contribution in [0.25, 0.3) is 0 Å². The molecular formula is C17H18N2O4. The maximum Gasteiger partial charge on any atom is 0.277 e.